The highest BCUT2D eigenvalue weighted by atomic mass is 28.3. The zero-order valence-corrected chi connectivity index (χ0v) is 34.6. The van der Waals surface area contributed by atoms with Crippen LogP contribution in [0, 0.1) is 5.41 Å². The summed E-state index contributed by atoms with van der Waals surface area (Å²) >= 11 is 0. The Balaban J connectivity index is 1.41. The standard InChI is InChI=1S/C42H68O10Si/c1-40(2)38(48-30-32-14-9-8-10-15-32)27-37-26-36(49-31-46-24-25-53(5,6)7)28-39(43)47-23-20-34-19-13-22-41(44-3,51-34)21-12-18-33-16-11-17-35(50-33)29-42(40,45-4)52-37/h8-10,12,14-15,18,33-38H,11,13,16-17,19-31H2,1-7H3/b18-12+/t33-,34+,35+,36-,37-,38+,41+,42+/m1/s1. The van der Waals surface area contributed by atoms with Gasteiger partial charge in [-0.1, -0.05) is 76.0 Å². The minimum atomic E-state index is -1.27. The molecule has 4 heterocycles. The molecular formula is C42H68O10Si. The van der Waals surface area contributed by atoms with E-state index >= 15 is 0 Å². The molecule has 5 rings (SSSR count). The minimum absolute atomic E-state index is 0.0210. The van der Waals surface area contributed by atoms with Crippen LogP contribution in [0.15, 0.2) is 42.5 Å². The fraction of sp³-hybridized carbons (Fsp3) is 0.786. The predicted octanol–water partition coefficient (Wildman–Crippen LogP) is 8.34. The molecular weight excluding hydrogens is 693 g/mol. The van der Waals surface area contributed by atoms with Crippen molar-refractivity contribution in [2.24, 2.45) is 5.41 Å². The van der Waals surface area contributed by atoms with Crippen molar-refractivity contribution in [1.29, 1.82) is 0 Å². The number of hydrogen-bond donors (Lipinski definition) is 0. The maximum atomic E-state index is 13.4. The summed E-state index contributed by atoms with van der Waals surface area (Å²) in [5.41, 5.74) is 0.572. The quantitative estimate of drug-likeness (QED) is 0.0720. The van der Waals surface area contributed by atoms with Crippen LogP contribution in [0.3, 0.4) is 0 Å². The monoisotopic (exact) mass is 760 g/mol. The summed E-state index contributed by atoms with van der Waals surface area (Å²) in [6.45, 7) is 12.8. The molecule has 8 atom stereocenters. The van der Waals surface area contributed by atoms with E-state index < -0.39 is 31.2 Å². The molecule has 10 nitrogen and oxygen atoms in total. The number of esters is 1. The fourth-order valence-electron chi connectivity index (χ4n) is 8.31. The summed E-state index contributed by atoms with van der Waals surface area (Å²) in [6, 6.07) is 11.3. The van der Waals surface area contributed by atoms with E-state index in [1.54, 1.807) is 14.2 Å². The first kappa shape index (κ1) is 42.5. The third kappa shape index (κ3) is 12.2. The average molecular weight is 761 g/mol. The average Bonchev–Trinajstić information content (AvgIpc) is 3.12. The lowest BCUT2D eigenvalue weighted by atomic mass is 9.70. The molecule has 0 aliphatic carbocycles. The van der Waals surface area contributed by atoms with Gasteiger partial charge in [0.25, 0.3) is 0 Å². The van der Waals surface area contributed by atoms with Crippen LogP contribution in [0.25, 0.3) is 0 Å². The fourth-order valence-corrected chi connectivity index (χ4v) is 9.06. The van der Waals surface area contributed by atoms with Crippen LogP contribution in [0.1, 0.15) is 96.5 Å². The van der Waals surface area contributed by atoms with Crippen LogP contribution in [-0.4, -0.2) is 96.5 Å². The van der Waals surface area contributed by atoms with E-state index in [9.17, 15) is 4.79 Å². The van der Waals surface area contributed by atoms with E-state index in [0.717, 1.165) is 50.1 Å². The Morgan fingerprint density at radius 2 is 1.68 bits per heavy atom. The first-order valence-electron chi connectivity index (χ1n) is 20.1. The lowest BCUT2D eigenvalue weighted by molar-refractivity contribution is -0.363. The molecule has 0 spiro atoms. The van der Waals surface area contributed by atoms with Crippen LogP contribution in [0.2, 0.25) is 25.7 Å². The van der Waals surface area contributed by atoms with E-state index in [0.29, 0.717) is 45.3 Å². The predicted molar refractivity (Wildman–Crippen MR) is 206 cm³/mol. The van der Waals surface area contributed by atoms with E-state index in [1.165, 1.54) is 0 Å². The van der Waals surface area contributed by atoms with Crippen molar-refractivity contribution in [3.8, 4) is 0 Å². The first-order valence-corrected chi connectivity index (χ1v) is 23.8. The molecule has 0 N–H and O–H groups in total. The Labute approximate surface area is 319 Å². The zero-order valence-electron chi connectivity index (χ0n) is 33.6. The Morgan fingerprint density at radius 1 is 0.887 bits per heavy atom. The molecule has 4 aliphatic heterocycles. The van der Waals surface area contributed by atoms with Gasteiger partial charge in [0.15, 0.2) is 11.6 Å². The van der Waals surface area contributed by atoms with Crippen LogP contribution in [0.4, 0.5) is 0 Å². The second kappa shape index (κ2) is 19.5. The van der Waals surface area contributed by atoms with Crippen LogP contribution >= 0.6 is 0 Å². The highest BCUT2D eigenvalue weighted by Crippen LogP contribution is 2.51. The topological polar surface area (TPSA) is 100 Å². The van der Waals surface area contributed by atoms with Crippen LogP contribution in [-0.2, 0) is 54.0 Å². The SMILES string of the molecule is CO[C@]12C/C=C/[C@H]3CCC[C@@H](C[C@]4(OC)O[C@H](C[C@@H](OCOCC[Si](C)(C)C)CC(=O)OCC[C@H](CCC1)O2)C[C@H](OCc1ccccc1)C4(C)C)O3. The van der Waals surface area contributed by atoms with Gasteiger partial charge >= 0.3 is 5.97 Å². The van der Waals surface area contributed by atoms with E-state index in [4.69, 9.17) is 42.6 Å². The molecule has 0 unspecified atom stereocenters. The Bertz CT molecular complexity index is 1290. The molecule has 4 aliphatic rings. The number of methoxy groups -OCH3 is 2. The summed E-state index contributed by atoms with van der Waals surface area (Å²) in [5.74, 6) is -2.02. The highest BCUT2D eigenvalue weighted by molar-refractivity contribution is 6.76. The number of ether oxygens (including phenoxy) is 9. The van der Waals surface area contributed by atoms with Gasteiger partial charge in [0.1, 0.15) is 6.79 Å². The molecule has 0 aromatic heterocycles. The molecule has 300 valence electrons. The van der Waals surface area contributed by atoms with Crippen molar-refractivity contribution in [2.75, 3.05) is 34.2 Å². The number of cyclic esters (lactones) is 1. The minimum Gasteiger partial charge on any atom is -0.465 e. The maximum absolute atomic E-state index is 13.4. The molecule has 1 aromatic rings. The number of carbonyl (C=O) groups excluding carboxylic acids is 1. The van der Waals surface area contributed by atoms with Crippen LogP contribution in [0.5, 0.6) is 0 Å². The summed E-state index contributed by atoms with van der Waals surface area (Å²) in [4.78, 5) is 13.4. The number of carbonyl (C=O) groups is 1. The number of benzene rings is 1. The highest BCUT2D eigenvalue weighted by Gasteiger charge is 2.58. The molecule has 0 saturated carbocycles. The smallest absolute Gasteiger partial charge is 0.308 e. The van der Waals surface area contributed by atoms with Gasteiger partial charge in [-0.15, -0.1) is 0 Å². The van der Waals surface area contributed by atoms with Crippen molar-refractivity contribution >= 4 is 14.0 Å². The molecule has 6 bridgehead atoms. The zero-order chi connectivity index (χ0) is 38.0. The van der Waals surface area contributed by atoms with Gasteiger partial charge in [0.05, 0.1) is 56.3 Å². The van der Waals surface area contributed by atoms with Crippen molar-refractivity contribution in [3.05, 3.63) is 48.0 Å². The lowest BCUT2D eigenvalue weighted by Crippen LogP contribution is -2.63. The summed E-state index contributed by atoms with van der Waals surface area (Å²) in [6.07, 6.45) is 11.7. The molecule has 1 aromatic carbocycles. The van der Waals surface area contributed by atoms with Gasteiger partial charge in [0.2, 0.25) is 0 Å². The lowest BCUT2D eigenvalue weighted by Gasteiger charge is -2.56. The van der Waals surface area contributed by atoms with Crippen molar-refractivity contribution < 1.29 is 47.4 Å². The van der Waals surface area contributed by atoms with Gasteiger partial charge in [-0.25, -0.2) is 0 Å². The number of rotatable bonds is 11. The Hall–Kier alpha value is -1.67. The summed E-state index contributed by atoms with van der Waals surface area (Å²) in [5, 5.41) is 0. The Kier molecular flexibility index (Phi) is 15.6. The molecule has 0 amide bonds. The number of hydrogen-bond acceptors (Lipinski definition) is 10. The molecule has 0 radical (unpaired) electrons. The Morgan fingerprint density at radius 3 is 2.43 bits per heavy atom. The van der Waals surface area contributed by atoms with Gasteiger partial charge in [0, 0.05) is 72.8 Å². The van der Waals surface area contributed by atoms with Gasteiger partial charge in [-0.2, -0.15) is 0 Å². The van der Waals surface area contributed by atoms with Gasteiger partial charge in [-0.05, 0) is 43.7 Å². The molecule has 11 heteroatoms. The second-order valence-corrected chi connectivity index (χ2v) is 22.9. The third-order valence-corrected chi connectivity index (χ3v) is 13.5. The largest absolute Gasteiger partial charge is 0.465 e. The molecule has 3 saturated heterocycles. The van der Waals surface area contributed by atoms with Gasteiger partial charge < -0.3 is 42.6 Å². The molecule has 3 fully saturated rings. The maximum Gasteiger partial charge on any atom is 0.308 e. The van der Waals surface area contributed by atoms with E-state index in [-0.39, 0.29) is 56.3 Å². The van der Waals surface area contributed by atoms with Crippen molar-refractivity contribution in [1.82, 2.24) is 0 Å². The van der Waals surface area contributed by atoms with Crippen molar-refractivity contribution in [3.63, 3.8) is 0 Å². The second-order valence-electron chi connectivity index (χ2n) is 17.3. The summed E-state index contributed by atoms with van der Waals surface area (Å²) < 4.78 is 57.8. The first-order chi connectivity index (χ1) is 25.3. The number of fused-ring (bicyclic) bond motifs is 6. The van der Waals surface area contributed by atoms with E-state index in [1.807, 2.05) is 18.2 Å². The normalized spacial score (nSPS) is 35.2. The third-order valence-electron chi connectivity index (χ3n) is 11.7. The van der Waals surface area contributed by atoms with Gasteiger partial charge in [-0.3, -0.25) is 4.79 Å². The van der Waals surface area contributed by atoms with E-state index in [2.05, 4.69) is 57.8 Å². The molecule has 53 heavy (non-hydrogen) atoms. The van der Waals surface area contributed by atoms with Crippen LogP contribution < -0.4 is 0 Å². The van der Waals surface area contributed by atoms with Crippen molar-refractivity contribution in [2.45, 2.75) is 171 Å². The summed E-state index contributed by atoms with van der Waals surface area (Å²) in [7, 11) is 2.18.